The van der Waals surface area contributed by atoms with Crippen LogP contribution in [0.5, 0.6) is 5.75 Å². The summed E-state index contributed by atoms with van der Waals surface area (Å²) >= 11 is 0. The fourth-order valence-electron chi connectivity index (χ4n) is 3.61. The van der Waals surface area contributed by atoms with Crippen LogP contribution in [-0.2, 0) is 16.0 Å². The lowest BCUT2D eigenvalue weighted by atomic mass is 10.0. The number of nitrogens with one attached hydrogen (secondary N) is 2. The summed E-state index contributed by atoms with van der Waals surface area (Å²) in [6, 6.07) is 8.85. The van der Waals surface area contributed by atoms with Gasteiger partial charge in [0.1, 0.15) is 11.8 Å². The van der Waals surface area contributed by atoms with Crippen molar-refractivity contribution in [3.8, 4) is 17.1 Å². The number of fused-ring (bicyclic) bond motifs is 1. The summed E-state index contributed by atoms with van der Waals surface area (Å²) in [5.74, 6) is 1.59. The molecule has 0 saturated heterocycles. The predicted molar refractivity (Wildman–Crippen MR) is 121 cm³/mol. The predicted octanol–water partition coefficient (Wildman–Crippen LogP) is 3.69. The molecule has 3 aromatic rings. The molecule has 0 radical (unpaired) electrons. The molecule has 0 bridgehead atoms. The summed E-state index contributed by atoms with van der Waals surface area (Å²) < 4.78 is 11.2. The molecule has 0 spiro atoms. The van der Waals surface area contributed by atoms with Crippen LogP contribution >= 0.6 is 0 Å². The van der Waals surface area contributed by atoms with Crippen LogP contribution in [-0.4, -0.2) is 33.5 Å². The number of benzene rings is 1. The van der Waals surface area contributed by atoms with Crippen LogP contribution in [0.15, 0.2) is 47.2 Å². The van der Waals surface area contributed by atoms with Gasteiger partial charge < -0.3 is 19.9 Å². The van der Waals surface area contributed by atoms with Gasteiger partial charge in [0, 0.05) is 36.5 Å². The van der Waals surface area contributed by atoms with Gasteiger partial charge in [0.25, 0.3) is 0 Å². The molecule has 0 saturated carbocycles. The second-order valence-corrected chi connectivity index (χ2v) is 8.30. The second kappa shape index (κ2) is 10.2. The van der Waals surface area contributed by atoms with Gasteiger partial charge in [-0.1, -0.05) is 19.0 Å². The number of ether oxygens (including phenoxy) is 1. The van der Waals surface area contributed by atoms with E-state index in [1.165, 1.54) is 0 Å². The fourth-order valence-corrected chi connectivity index (χ4v) is 3.61. The molecule has 1 aliphatic rings. The Bertz CT molecular complexity index is 1110. The van der Waals surface area contributed by atoms with Gasteiger partial charge in [-0.2, -0.15) is 4.98 Å². The Morgan fingerprint density at radius 3 is 2.82 bits per heavy atom. The summed E-state index contributed by atoms with van der Waals surface area (Å²) in [7, 11) is 0. The van der Waals surface area contributed by atoms with Crippen molar-refractivity contribution in [1.29, 1.82) is 0 Å². The highest BCUT2D eigenvalue weighted by molar-refractivity contribution is 5.94. The number of rotatable bonds is 9. The van der Waals surface area contributed by atoms with Crippen LogP contribution < -0.4 is 15.4 Å². The van der Waals surface area contributed by atoms with Crippen LogP contribution in [0.4, 0.5) is 5.69 Å². The minimum absolute atomic E-state index is 0.0380. The first-order valence-electron chi connectivity index (χ1n) is 11.1. The maximum absolute atomic E-state index is 12.5. The number of nitrogens with zero attached hydrogens (tertiary/aromatic N) is 3. The van der Waals surface area contributed by atoms with E-state index in [0.29, 0.717) is 44.0 Å². The van der Waals surface area contributed by atoms with E-state index in [2.05, 4.69) is 25.8 Å². The molecule has 0 aliphatic carbocycles. The lowest BCUT2D eigenvalue weighted by molar-refractivity contribution is -0.122. The molecule has 9 nitrogen and oxygen atoms in total. The molecule has 1 unspecified atom stereocenters. The van der Waals surface area contributed by atoms with Gasteiger partial charge in [-0.05, 0) is 54.7 Å². The average molecular weight is 450 g/mol. The Morgan fingerprint density at radius 1 is 1.21 bits per heavy atom. The van der Waals surface area contributed by atoms with Gasteiger partial charge in [-0.3, -0.25) is 14.6 Å². The minimum Gasteiger partial charge on any atom is -0.494 e. The lowest BCUT2D eigenvalue weighted by Gasteiger charge is -2.19. The minimum atomic E-state index is -0.377. The number of amides is 2. The number of carbonyl (C=O) groups excluding carboxylic acids is 2. The number of hydrogen-bond donors (Lipinski definition) is 2. The van der Waals surface area contributed by atoms with Crippen LogP contribution in [0.3, 0.4) is 0 Å². The van der Waals surface area contributed by atoms with E-state index in [1.54, 1.807) is 24.5 Å². The topological polar surface area (TPSA) is 119 Å². The first kappa shape index (κ1) is 22.4. The summed E-state index contributed by atoms with van der Waals surface area (Å²) in [6.45, 7) is 4.39. The lowest BCUT2D eigenvalue weighted by Crippen LogP contribution is -2.32. The van der Waals surface area contributed by atoms with Crippen LogP contribution in [0.25, 0.3) is 11.4 Å². The van der Waals surface area contributed by atoms with Crippen molar-refractivity contribution >= 4 is 17.5 Å². The van der Waals surface area contributed by atoms with Gasteiger partial charge in [0.15, 0.2) is 0 Å². The summed E-state index contributed by atoms with van der Waals surface area (Å²) in [6.07, 6.45) is 5.40. The first-order chi connectivity index (χ1) is 16.0. The average Bonchev–Trinajstić information content (AvgIpc) is 3.30. The van der Waals surface area contributed by atoms with E-state index in [4.69, 9.17) is 9.26 Å². The molecule has 1 atom stereocenters. The van der Waals surface area contributed by atoms with Crippen molar-refractivity contribution in [2.24, 2.45) is 5.92 Å². The van der Waals surface area contributed by atoms with E-state index in [9.17, 15) is 9.59 Å². The van der Waals surface area contributed by atoms with E-state index in [1.807, 2.05) is 32.0 Å². The number of aryl methyl sites for hydroxylation is 1. The zero-order chi connectivity index (χ0) is 23.2. The van der Waals surface area contributed by atoms with Crippen molar-refractivity contribution in [3.05, 3.63) is 54.2 Å². The Kier molecular flexibility index (Phi) is 6.97. The highest BCUT2D eigenvalue weighted by Gasteiger charge is 2.24. The monoisotopic (exact) mass is 449 g/mol. The Labute approximate surface area is 191 Å². The van der Waals surface area contributed by atoms with Gasteiger partial charge in [0.2, 0.25) is 23.5 Å². The Balaban J connectivity index is 1.27. The number of carbonyl (C=O) groups is 2. The molecule has 0 fully saturated rings. The molecule has 3 heterocycles. The van der Waals surface area contributed by atoms with Gasteiger partial charge in [0.05, 0.1) is 6.61 Å². The second-order valence-electron chi connectivity index (χ2n) is 8.30. The summed E-state index contributed by atoms with van der Waals surface area (Å²) in [5.41, 5.74) is 2.71. The van der Waals surface area contributed by atoms with Crippen LogP contribution in [0, 0.1) is 5.92 Å². The SMILES string of the molecule is CC(C)C(NC(=O)CCCOc1ccc2c(c1)CCC(=O)N2)c1nc(-c2ccncc2)no1. The van der Waals surface area contributed by atoms with Crippen molar-refractivity contribution in [2.75, 3.05) is 11.9 Å². The van der Waals surface area contributed by atoms with Crippen molar-refractivity contribution < 1.29 is 18.8 Å². The molecule has 33 heavy (non-hydrogen) atoms. The third kappa shape index (κ3) is 5.74. The smallest absolute Gasteiger partial charge is 0.249 e. The fraction of sp³-hybridized carbons (Fsp3) is 0.375. The van der Waals surface area contributed by atoms with Gasteiger partial charge in [-0.25, -0.2) is 0 Å². The highest BCUT2D eigenvalue weighted by atomic mass is 16.5. The maximum atomic E-state index is 12.5. The van der Waals surface area contributed by atoms with E-state index >= 15 is 0 Å². The standard InChI is InChI=1S/C24H27N5O4/c1-15(2)22(24-28-23(29-33-24)16-9-11-25-12-10-16)27-20(30)4-3-13-32-18-6-7-19-17(14-18)5-8-21(31)26-19/h6-7,9-12,14-15,22H,3-5,8,13H2,1-2H3,(H,26,31)(H,27,30). The summed E-state index contributed by atoms with van der Waals surface area (Å²) in [5, 5.41) is 9.88. The Hall–Kier alpha value is -3.75. The molecule has 2 amide bonds. The van der Waals surface area contributed by atoms with Crippen LogP contribution in [0.2, 0.25) is 0 Å². The highest BCUT2D eigenvalue weighted by Crippen LogP contribution is 2.27. The van der Waals surface area contributed by atoms with E-state index in [0.717, 1.165) is 22.6 Å². The molecule has 4 rings (SSSR count). The van der Waals surface area contributed by atoms with Crippen molar-refractivity contribution in [3.63, 3.8) is 0 Å². The maximum Gasteiger partial charge on any atom is 0.249 e. The number of anilines is 1. The van der Waals surface area contributed by atoms with Gasteiger partial charge in [-0.15, -0.1) is 0 Å². The molecule has 2 N–H and O–H groups in total. The third-order valence-corrected chi connectivity index (χ3v) is 5.42. The Morgan fingerprint density at radius 2 is 2.03 bits per heavy atom. The molecular weight excluding hydrogens is 422 g/mol. The quantitative estimate of drug-likeness (QED) is 0.478. The number of hydrogen-bond acceptors (Lipinski definition) is 7. The zero-order valence-electron chi connectivity index (χ0n) is 18.7. The molecule has 1 aliphatic heterocycles. The van der Waals surface area contributed by atoms with Gasteiger partial charge >= 0.3 is 0 Å². The molecule has 2 aromatic heterocycles. The van der Waals surface area contributed by atoms with Crippen molar-refractivity contribution in [1.82, 2.24) is 20.4 Å². The third-order valence-electron chi connectivity index (χ3n) is 5.42. The van der Waals surface area contributed by atoms with Crippen molar-refractivity contribution in [2.45, 2.75) is 45.6 Å². The molecule has 172 valence electrons. The summed E-state index contributed by atoms with van der Waals surface area (Å²) in [4.78, 5) is 32.4. The first-order valence-corrected chi connectivity index (χ1v) is 11.1. The molecule has 1 aromatic carbocycles. The zero-order valence-corrected chi connectivity index (χ0v) is 18.7. The normalized spacial score (nSPS) is 13.8. The molecule has 9 heteroatoms. The number of pyridine rings is 1. The largest absolute Gasteiger partial charge is 0.494 e. The van der Waals surface area contributed by atoms with Crippen LogP contribution in [0.1, 0.15) is 50.6 Å². The molecular formula is C24H27N5O4. The number of aromatic nitrogens is 3. The van der Waals surface area contributed by atoms with E-state index in [-0.39, 0.29) is 23.8 Å². The van der Waals surface area contributed by atoms with E-state index < -0.39 is 0 Å².